The molecule has 1 N–H and O–H groups in total. The maximum Gasteiger partial charge on any atom is 0.122 e. The highest BCUT2D eigenvalue weighted by Crippen LogP contribution is 2.40. The lowest BCUT2D eigenvalue weighted by atomic mass is 9.93. The third-order valence-electron chi connectivity index (χ3n) is 5.12. The summed E-state index contributed by atoms with van der Waals surface area (Å²) in [6, 6.07) is 2.61. The standard InChI is InChI=1S/C16H28N4/c1-2-18-16(12-17,15-5-6-15)13-20-9-7-19(8-10-20)11-14-3-4-14/h14-15,18H,2-11,13H2,1H3. The van der Waals surface area contributed by atoms with Gasteiger partial charge in [-0.15, -0.1) is 0 Å². The molecule has 1 heterocycles. The van der Waals surface area contributed by atoms with Crippen LogP contribution in [0, 0.1) is 23.2 Å². The zero-order valence-corrected chi connectivity index (χ0v) is 12.8. The van der Waals surface area contributed by atoms with Crippen LogP contribution in [0.2, 0.25) is 0 Å². The molecule has 3 fully saturated rings. The fourth-order valence-corrected chi connectivity index (χ4v) is 3.54. The van der Waals surface area contributed by atoms with E-state index in [2.05, 4.69) is 28.1 Å². The molecule has 4 heteroatoms. The summed E-state index contributed by atoms with van der Waals surface area (Å²) in [6.07, 6.45) is 5.34. The van der Waals surface area contributed by atoms with Crippen molar-refractivity contribution < 1.29 is 0 Å². The Bertz CT molecular complexity index is 361. The number of piperazine rings is 1. The SMILES string of the molecule is CCNC(C#N)(CN1CCN(CC2CC2)CC1)C1CC1. The Kier molecular flexibility index (Phi) is 4.30. The van der Waals surface area contributed by atoms with E-state index >= 15 is 0 Å². The van der Waals surface area contributed by atoms with Crippen LogP contribution in [-0.4, -0.2) is 61.2 Å². The number of rotatable bonds is 7. The molecule has 112 valence electrons. The Morgan fingerprint density at radius 2 is 1.75 bits per heavy atom. The van der Waals surface area contributed by atoms with Gasteiger partial charge in [-0.05, 0) is 44.1 Å². The maximum atomic E-state index is 9.68. The van der Waals surface area contributed by atoms with Crippen LogP contribution in [0.15, 0.2) is 0 Å². The molecule has 0 spiro atoms. The Hall–Kier alpha value is -0.630. The molecule has 20 heavy (non-hydrogen) atoms. The van der Waals surface area contributed by atoms with Gasteiger partial charge in [0.1, 0.15) is 5.54 Å². The van der Waals surface area contributed by atoms with Crippen LogP contribution in [0.25, 0.3) is 0 Å². The summed E-state index contributed by atoms with van der Waals surface area (Å²) < 4.78 is 0. The first-order valence-corrected chi connectivity index (χ1v) is 8.37. The van der Waals surface area contributed by atoms with Crippen LogP contribution >= 0.6 is 0 Å². The number of nitrogens with zero attached hydrogens (tertiary/aromatic N) is 3. The first kappa shape index (κ1) is 14.3. The minimum atomic E-state index is -0.284. The second-order valence-corrected chi connectivity index (χ2v) is 6.91. The summed E-state index contributed by atoms with van der Waals surface area (Å²) in [7, 11) is 0. The first-order valence-electron chi connectivity index (χ1n) is 8.37. The maximum absolute atomic E-state index is 9.68. The second kappa shape index (κ2) is 6.01. The van der Waals surface area contributed by atoms with E-state index in [1.54, 1.807) is 0 Å². The molecule has 3 aliphatic rings. The van der Waals surface area contributed by atoms with Gasteiger partial charge in [-0.3, -0.25) is 10.2 Å². The van der Waals surface area contributed by atoms with E-state index in [0.29, 0.717) is 5.92 Å². The summed E-state index contributed by atoms with van der Waals surface area (Å²) in [5.41, 5.74) is -0.284. The van der Waals surface area contributed by atoms with Crippen molar-refractivity contribution in [3.8, 4) is 6.07 Å². The van der Waals surface area contributed by atoms with Crippen LogP contribution in [0.4, 0.5) is 0 Å². The van der Waals surface area contributed by atoms with E-state index in [-0.39, 0.29) is 5.54 Å². The molecular formula is C16H28N4. The minimum absolute atomic E-state index is 0.284. The highest BCUT2D eigenvalue weighted by molar-refractivity contribution is 5.16. The van der Waals surface area contributed by atoms with Gasteiger partial charge in [0.05, 0.1) is 6.07 Å². The van der Waals surface area contributed by atoms with E-state index in [1.165, 1.54) is 45.3 Å². The molecule has 4 nitrogen and oxygen atoms in total. The summed E-state index contributed by atoms with van der Waals surface area (Å²) in [6.45, 7) is 9.88. The van der Waals surface area contributed by atoms with E-state index in [0.717, 1.165) is 32.1 Å². The van der Waals surface area contributed by atoms with Crippen LogP contribution in [0.3, 0.4) is 0 Å². The van der Waals surface area contributed by atoms with Crippen LogP contribution in [-0.2, 0) is 0 Å². The smallest absolute Gasteiger partial charge is 0.122 e. The van der Waals surface area contributed by atoms with Crippen molar-refractivity contribution in [3.05, 3.63) is 0 Å². The normalized spacial score (nSPS) is 28.0. The molecule has 0 aromatic carbocycles. The van der Waals surface area contributed by atoms with Gasteiger partial charge in [0, 0.05) is 39.3 Å². The van der Waals surface area contributed by atoms with Gasteiger partial charge in [-0.1, -0.05) is 6.92 Å². The monoisotopic (exact) mass is 276 g/mol. The minimum Gasteiger partial charge on any atom is -0.301 e. The van der Waals surface area contributed by atoms with E-state index < -0.39 is 0 Å². The molecule has 1 aliphatic heterocycles. The molecule has 0 aromatic heterocycles. The fraction of sp³-hybridized carbons (Fsp3) is 0.938. The van der Waals surface area contributed by atoms with Gasteiger partial charge in [-0.2, -0.15) is 5.26 Å². The molecule has 2 saturated carbocycles. The molecule has 0 aromatic rings. The van der Waals surface area contributed by atoms with E-state index in [1.807, 2.05) is 0 Å². The Balaban J connectivity index is 1.50. The number of nitrogens with one attached hydrogen (secondary N) is 1. The zero-order chi connectivity index (χ0) is 14.0. The largest absolute Gasteiger partial charge is 0.301 e. The Labute approximate surface area is 123 Å². The molecule has 1 saturated heterocycles. The average Bonchev–Trinajstić information content (AvgIpc) is 3.33. The van der Waals surface area contributed by atoms with Gasteiger partial charge >= 0.3 is 0 Å². The third kappa shape index (κ3) is 3.33. The topological polar surface area (TPSA) is 42.3 Å². The van der Waals surface area contributed by atoms with Gasteiger partial charge in [0.25, 0.3) is 0 Å². The third-order valence-corrected chi connectivity index (χ3v) is 5.12. The number of hydrogen-bond acceptors (Lipinski definition) is 4. The van der Waals surface area contributed by atoms with E-state index in [4.69, 9.17) is 0 Å². The lowest BCUT2D eigenvalue weighted by Gasteiger charge is -2.39. The first-order chi connectivity index (χ1) is 9.75. The quantitative estimate of drug-likeness (QED) is 0.761. The van der Waals surface area contributed by atoms with Gasteiger partial charge in [0.15, 0.2) is 0 Å². The lowest BCUT2D eigenvalue weighted by molar-refractivity contribution is 0.105. The Morgan fingerprint density at radius 1 is 1.10 bits per heavy atom. The highest BCUT2D eigenvalue weighted by atomic mass is 15.3. The fourth-order valence-electron chi connectivity index (χ4n) is 3.54. The summed E-state index contributed by atoms with van der Waals surface area (Å²) in [5.74, 6) is 1.57. The lowest BCUT2D eigenvalue weighted by Crippen LogP contribution is -2.58. The Morgan fingerprint density at radius 3 is 2.25 bits per heavy atom. The predicted molar refractivity (Wildman–Crippen MR) is 80.3 cm³/mol. The molecule has 3 rings (SSSR count). The van der Waals surface area contributed by atoms with Gasteiger partial charge in [0.2, 0.25) is 0 Å². The van der Waals surface area contributed by atoms with Crippen LogP contribution in [0.5, 0.6) is 0 Å². The van der Waals surface area contributed by atoms with Gasteiger partial charge in [-0.25, -0.2) is 0 Å². The summed E-state index contributed by atoms with van der Waals surface area (Å²) in [4.78, 5) is 5.13. The van der Waals surface area contributed by atoms with Crippen molar-refractivity contribution in [1.82, 2.24) is 15.1 Å². The molecule has 0 bridgehead atoms. The van der Waals surface area contributed by atoms with Crippen LogP contribution < -0.4 is 5.32 Å². The average molecular weight is 276 g/mol. The number of nitriles is 1. The molecular weight excluding hydrogens is 248 g/mol. The van der Waals surface area contributed by atoms with Crippen molar-refractivity contribution in [1.29, 1.82) is 5.26 Å². The second-order valence-electron chi connectivity index (χ2n) is 6.91. The summed E-state index contributed by atoms with van der Waals surface area (Å²) in [5, 5.41) is 13.2. The van der Waals surface area contributed by atoms with Gasteiger partial charge < -0.3 is 4.90 Å². The number of hydrogen-bond donors (Lipinski definition) is 1. The zero-order valence-electron chi connectivity index (χ0n) is 12.8. The highest BCUT2D eigenvalue weighted by Gasteiger charge is 2.46. The van der Waals surface area contributed by atoms with Crippen molar-refractivity contribution in [2.75, 3.05) is 45.8 Å². The predicted octanol–water partition coefficient (Wildman–Crippen LogP) is 1.30. The van der Waals surface area contributed by atoms with Crippen molar-refractivity contribution in [2.45, 2.75) is 38.1 Å². The number of likely N-dealkylation sites (N-methyl/N-ethyl adjacent to an activating group) is 1. The van der Waals surface area contributed by atoms with Crippen molar-refractivity contribution in [3.63, 3.8) is 0 Å². The molecule has 1 atom stereocenters. The van der Waals surface area contributed by atoms with E-state index in [9.17, 15) is 5.26 Å². The van der Waals surface area contributed by atoms with Crippen LogP contribution in [0.1, 0.15) is 32.6 Å². The van der Waals surface area contributed by atoms with Crippen molar-refractivity contribution >= 4 is 0 Å². The molecule has 1 unspecified atom stereocenters. The molecule has 2 aliphatic carbocycles. The van der Waals surface area contributed by atoms with Crippen molar-refractivity contribution in [2.24, 2.45) is 11.8 Å². The summed E-state index contributed by atoms with van der Waals surface area (Å²) >= 11 is 0. The molecule has 0 amide bonds. The molecule has 0 radical (unpaired) electrons.